The molecule has 4 nitrogen and oxygen atoms in total. The molecule has 0 bridgehead atoms. The number of likely N-dealkylation sites (N-methyl/N-ethyl adjacent to an activating group) is 1. The normalized spacial score (nSPS) is 14.3. The van der Waals surface area contributed by atoms with Crippen LogP contribution in [0.3, 0.4) is 0 Å². The molecular weight excluding hydrogens is 248 g/mol. The molecule has 1 atom stereocenters. The molecule has 2 N–H and O–H groups in total. The molecule has 1 rings (SSSR count). The molecule has 0 aliphatic heterocycles. The predicted molar refractivity (Wildman–Crippen MR) is 77.1 cm³/mol. The van der Waals surface area contributed by atoms with Crippen LogP contribution in [-0.2, 0) is 13.0 Å². The minimum atomic E-state index is -0.0833. The van der Waals surface area contributed by atoms with Gasteiger partial charge in [0.1, 0.15) is 0 Å². The Bertz CT molecular complexity index is 409. The molecule has 0 aliphatic carbocycles. The lowest BCUT2D eigenvalue weighted by molar-refractivity contribution is 0.156. The monoisotopic (exact) mass is 272 g/mol. The molecule has 0 radical (unpaired) electrons. The Balaban J connectivity index is 2.98. The van der Waals surface area contributed by atoms with Crippen molar-refractivity contribution in [2.24, 2.45) is 5.73 Å². The fourth-order valence-corrected chi connectivity index (χ4v) is 2.07. The summed E-state index contributed by atoms with van der Waals surface area (Å²) in [4.78, 5) is 2.14. The van der Waals surface area contributed by atoms with Crippen molar-refractivity contribution in [2.45, 2.75) is 52.2 Å². The van der Waals surface area contributed by atoms with Crippen LogP contribution < -0.4 is 5.73 Å². The van der Waals surface area contributed by atoms with Crippen LogP contribution in [0.5, 0.6) is 0 Å². The second kappa shape index (κ2) is 5.59. The van der Waals surface area contributed by atoms with Gasteiger partial charge in [-0.2, -0.15) is 5.10 Å². The summed E-state index contributed by atoms with van der Waals surface area (Å²) in [6, 6.07) is 0.00593. The lowest BCUT2D eigenvalue weighted by Crippen LogP contribution is -2.54. The molecule has 0 saturated carbocycles. The van der Waals surface area contributed by atoms with E-state index in [0.29, 0.717) is 0 Å². The highest BCUT2D eigenvalue weighted by Gasteiger charge is 2.30. The van der Waals surface area contributed by atoms with Crippen LogP contribution in [0, 0.1) is 6.92 Å². The van der Waals surface area contributed by atoms with Gasteiger partial charge in [0, 0.05) is 24.5 Å². The standard InChI is InChI=1S/C13H25ClN4/c1-7-18-10(12(14)9(2)16-18)8-11(15)13(3,4)17(5)6/h11H,7-8,15H2,1-6H3. The van der Waals surface area contributed by atoms with Gasteiger partial charge in [-0.1, -0.05) is 11.6 Å². The number of halogens is 1. The highest BCUT2D eigenvalue weighted by molar-refractivity contribution is 6.31. The minimum Gasteiger partial charge on any atom is -0.326 e. The van der Waals surface area contributed by atoms with Gasteiger partial charge in [-0.25, -0.2) is 0 Å². The van der Waals surface area contributed by atoms with Crippen LogP contribution in [0.1, 0.15) is 32.2 Å². The second-order valence-electron chi connectivity index (χ2n) is 5.52. The Morgan fingerprint density at radius 3 is 2.44 bits per heavy atom. The van der Waals surface area contributed by atoms with Gasteiger partial charge in [0.25, 0.3) is 0 Å². The predicted octanol–water partition coefficient (Wildman–Crippen LogP) is 2.07. The van der Waals surface area contributed by atoms with Crippen molar-refractivity contribution in [1.29, 1.82) is 0 Å². The Morgan fingerprint density at radius 2 is 2.00 bits per heavy atom. The van der Waals surface area contributed by atoms with Gasteiger partial charge in [-0.15, -0.1) is 0 Å². The fraction of sp³-hybridized carbons (Fsp3) is 0.769. The number of aryl methyl sites for hydroxylation is 2. The number of hydrogen-bond donors (Lipinski definition) is 1. The third kappa shape index (κ3) is 2.87. The number of hydrogen-bond acceptors (Lipinski definition) is 3. The van der Waals surface area contributed by atoms with Gasteiger partial charge in [-0.05, 0) is 41.8 Å². The molecule has 0 amide bonds. The number of nitrogens with zero attached hydrogens (tertiary/aromatic N) is 3. The molecule has 0 spiro atoms. The van der Waals surface area contributed by atoms with Gasteiger partial charge >= 0.3 is 0 Å². The molecule has 1 aromatic heterocycles. The van der Waals surface area contributed by atoms with Crippen molar-refractivity contribution >= 4 is 11.6 Å². The Morgan fingerprint density at radius 1 is 1.44 bits per heavy atom. The van der Waals surface area contributed by atoms with Crippen molar-refractivity contribution in [3.05, 3.63) is 16.4 Å². The summed E-state index contributed by atoms with van der Waals surface area (Å²) < 4.78 is 1.95. The summed E-state index contributed by atoms with van der Waals surface area (Å²) in [5.41, 5.74) is 8.18. The maximum absolute atomic E-state index is 6.34. The highest BCUT2D eigenvalue weighted by atomic mass is 35.5. The van der Waals surface area contributed by atoms with E-state index in [-0.39, 0.29) is 11.6 Å². The maximum atomic E-state index is 6.34. The topological polar surface area (TPSA) is 47.1 Å². The van der Waals surface area contributed by atoms with E-state index in [9.17, 15) is 0 Å². The average Bonchev–Trinajstić information content (AvgIpc) is 2.56. The number of nitrogens with two attached hydrogens (primary N) is 1. The van der Waals surface area contributed by atoms with Gasteiger partial charge in [-0.3, -0.25) is 4.68 Å². The van der Waals surface area contributed by atoms with Crippen molar-refractivity contribution in [3.63, 3.8) is 0 Å². The first-order chi connectivity index (χ1) is 8.21. The van der Waals surface area contributed by atoms with E-state index in [1.165, 1.54) is 0 Å². The summed E-state index contributed by atoms with van der Waals surface area (Å²) in [7, 11) is 4.09. The van der Waals surface area contributed by atoms with Crippen LogP contribution in [0.15, 0.2) is 0 Å². The molecule has 104 valence electrons. The SMILES string of the molecule is CCn1nc(C)c(Cl)c1CC(N)C(C)(C)N(C)C. The molecule has 1 heterocycles. The molecule has 0 saturated heterocycles. The summed E-state index contributed by atoms with van der Waals surface area (Å²) in [6.07, 6.45) is 0.735. The molecule has 18 heavy (non-hydrogen) atoms. The van der Waals surface area contributed by atoms with E-state index < -0.39 is 0 Å². The van der Waals surface area contributed by atoms with Crippen LogP contribution >= 0.6 is 11.6 Å². The quantitative estimate of drug-likeness (QED) is 0.893. The average molecular weight is 273 g/mol. The van der Waals surface area contributed by atoms with Crippen LogP contribution in [0.2, 0.25) is 5.02 Å². The van der Waals surface area contributed by atoms with Crippen molar-refractivity contribution in [3.8, 4) is 0 Å². The first-order valence-electron chi connectivity index (χ1n) is 6.36. The van der Waals surface area contributed by atoms with Crippen molar-refractivity contribution in [1.82, 2.24) is 14.7 Å². The van der Waals surface area contributed by atoms with Gasteiger partial charge in [0.15, 0.2) is 0 Å². The zero-order valence-corrected chi connectivity index (χ0v) is 13.0. The zero-order valence-electron chi connectivity index (χ0n) is 12.3. The van der Waals surface area contributed by atoms with E-state index in [0.717, 1.165) is 29.4 Å². The summed E-state index contributed by atoms with van der Waals surface area (Å²) in [5, 5.41) is 5.18. The summed E-state index contributed by atoms with van der Waals surface area (Å²) >= 11 is 6.31. The first kappa shape index (κ1) is 15.5. The van der Waals surface area contributed by atoms with Gasteiger partial charge in [0.05, 0.1) is 16.4 Å². The van der Waals surface area contributed by atoms with Gasteiger partial charge < -0.3 is 10.6 Å². The van der Waals surface area contributed by atoms with Crippen LogP contribution in [0.25, 0.3) is 0 Å². The van der Waals surface area contributed by atoms with E-state index in [1.54, 1.807) is 0 Å². The second-order valence-corrected chi connectivity index (χ2v) is 5.90. The Labute approximate surface area is 115 Å². The number of aromatic nitrogens is 2. The van der Waals surface area contributed by atoms with Crippen LogP contribution in [-0.4, -0.2) is 40.4 Å². The molecule has 0 aromatic carbocycles. The Kier molecular flexibility index (Phi) is 4.81. The fourth-order valence-electron chi connectivity index (χ4n) is 1.85. The third-order valence-corrected chi connectivity index (χ3v) is 4.42. The third-order valence-electron chi connectivity index (χ3n) is 3.93. The molecule has 0 fully saturated rings. The Hall–Kier alpha value is -0.580. The lowest BCUT2D eigenvalue weighted by atomic mass is 9.90. The molecule has 1 unspecified atom stereocenters. The zero-order chi connectivity index (χ0) is 14.1. The molecule has 0 aliphatic rings. The minimum absolute atomic E-state index is 0.00593. The molecule has 1 aromatic rings. The summed E-state index contributed by atoms with van der Waals surface area (Å²) in [5.74, 6) is 0. The van der Waals surface area contributed by atoms with E-state index in [4.69, 9.17) is 17.3 Å². The molecular formula is C13H25ClN4. The van der Waals surface area contributed by atoms with Crippen molar-refractivity contribution < 1.29 is 0 Å². The van der Waals surface area contributed by atoms with Gasteiger partial charge in [0.2, 0.25) is 0 Å². The van der Waals surface area contributed by atoms with E-state index in [1.807, 2.05) is 25.7 Å². The highest BCUT2D eigenvalue weighted by Crippen LogP contribution is 2.25. The largest absolute Gasteiger partial charge is 0.326 e. The summed E-state index contributed by atoms with van der Waals surface area (Å²) in [6.45, 7) is 9.10. The maximum Gasteiger partial charge on any atom is 0.0847 e. The van der Waals surface area contributed by atoms with E-state index in [2.05, 4.69) is 30.8 Å². The van der Waals surface area contributed by atoms with Crippen LogP contribution in [0.4, 0.5) is 0 Å². The molecule has 5 heteroatoms. The lowest BCUT2D eigenvalue weighted by Gasteiger charge is -2.38. The van der Waals surface area contributed by atoms with E-state index >= 15 is 0 Å². The first-order valence-corrected chi connectivity index (χ1v) is 6.74. The number of rotatable bonds is 5. The van der Waals surface area contributed by atoms with Crippen molar-refractivity contribution in [2.75, 3.05) is 14.1 Å². The smallest absolute Gasteiger partial charge is 0.0847 e.